The Balaban J connectivity index is 2.75. The number of aromatic amines is 1. The number of aromatic nitrogens is 1. The van der Waals surface area contributed by atoms with Gasteiger partial charge in [0.15, 0.2) is 0 Å². The molecule has 2 nitrogen and oxygen atoms in total. The van der Waals surface area contributed by atoms with E-state index in [0.717, 1.165) is 33.7 Å². The van der Waals surface area contributed by atoms with Crippen LogP contribution >= 0.6 is 23.2 Å². The summed E-state index contributed by atoms with van der Waals surface area (Å²) in [6, 6.07) is 3.64. The first-order valence-corrected chi connectivity index (χ1v) is 5.50. The van der Waals surface area contributed by atoms with E-state index in [4.69, 9.17) is 23.2 Å². The predicted octanol–water partition coefficient (Wildman–Crippen LogP) is 3.50. The van der Waals surface area contributed by atoms with Gasteiger partial charge < -0.3 is 10.3 Å². The standard InChI is InChI=1S/C11H12Cl2N2/c1-6-9(5-14-2)15-11-8(13)4-3-7(12)10(6)11/h3-4,14-15H,5H2,1-2H3. The van der Waals surface area contributed by atoms with Gasteiger partial charge in [-0.1, -0.05) is 23.2 Å². The second-order valence-corrected chi connectivity index (χ2v) is 4.35. The van der Waals surface area contributed by atoms with Crippen LogP contribution in [-0.4, -0.2) is 12.0 Å². The van der Waals surface area contributed by atoms with Crippen LogP contribution in [0, 0.1) is 6.92 Å². The summed E-state index contributed by atoms with van der Waals surface area (Å²) in [4.78, 5) is 3.30. The Labute approximate surface area is 98.6 Å². The first-order chi connectivity index (χ1) is 7.15. The van der Waals surface area contributed by atoms with Gasteiger partial charge in [0.25, 0.3) is 0 Å². The van der Waals surface area contributed by atoms with Gasteiger partial charge in [-0.25, -0.2) is 0 Å². The number of aryl methyl sites for hydroxylation is 1. The highest BCUT2D eigenvalue weighted by Crippen LogP contribution is 2.33. The normalized spacial score (nSPS) is 11.2. The fourth-order valence-corrected chi connectivity index (χ4v) is 2.29. The number of hydrogen-bond acceptors (Lipinski definition) is 1. The molecule has 0 atom stereocenters. The number of fused-ring (bicyclic) bond motifs is 1. The van der Waals surface area contributed by atoms with Crippen LogP contribution in [0.5, 0.6) is 0 Å². The van der Waals surface area contributed by atoms with Gasteiger partial charge in [-0.3, -0.25) is 0 Å². The molecule has 2 rings (SSSR count). The Kier molecular flexibility index (Phi) is 2.91. The van der Waals surface area contributed by atoms with Crippen LogP contribution in [0.25, 0.3) is 10.9 Å². The van der Waals surface area contributed by atoms with E-state index < -0.39 is 0 Å². The largest absolute Gasteiger partial charge is 0.356 e. The highest BCUT2D eigenvalue weighted by molar-refractivity contribution is 6.40. The third-order valence-corrected chi connectivity index (χ3v) is 3.19. The molecule has 0 aliphatic rings. The van der Waals surface area contributed by atoms with Crippen LogP contribution in [0.1, 0.15) is 11.3 Å². The van der Waals surface area contributed by atoms with Gasteiger partial charge in [-0.2, -0.15) is 0 Å². The molecule has 0 spiro atoms. The van der Waals surface area contributed by atoms with Crippen molar-refractivity contribution in [1.82, 2.24) is 10.3 Å². The van der Waals surface area contributed by atoms with Crippen LogP contribution in [0.15, 0.2) is 12.1 Å². The van der Waals surface area contributed by atoms with E-state index in [2.05, 4.69) is 10.3 Å². The molecule has 2 N–H and O–H groups in total. The lowest BCUT2D eigenvalue weighted by atomic mass is 10.1. The first kappa shape index (κ1) is 10.8. The summed E-state index contributed by atoms with van der Waals surface area (Å²) in [6.45, 7) is 2.83. The zero-order valence-electron chi connectivity index (χ0n) is 8.62. The van der Waals surface area contributed by atoms with E-state index in [0.29, 0.717) is 5.02 Å². The van der Waals surface area contributed by atoms with Gasteiger partial charge in [0.05, 0.1) is 15.6 Å². The molecule has 80 valence electrons. The maximum atomic E-state index is 6.15. The molecule has 4 heteroatoms. The van der Waals surface area contributed by atoms with Crippen LogP contribution in [-0.2, 0) is 6.54 Å². The van der Waals surface area contributed by atoms with Crippen molar-refractivity contribution >= 4 is 34.1 Å². The van der Waals surface area contributed by atoms with Gasteiger partial charge in [0.2, 0.25) is 0 Å². The van der Waals surface area contributed by atoms with Crippen molar-refractivity contribution in [2.75, 3.05) is 7.05 Å². The minimum atomic E-state index is 0.708. The van der Waals surface area contributed by atoms with E-state index in [9.17, 15) is 0 Å². The Bertz CT molecular complexity index is 503. The molecule has 0 radical (unpaired) electrons. The Morgan fingerprint density at radius 3 is 2.53 bits per heavy atom. The van der Waals surface area contributed by atoms with E-state index in [1.165, 1.54) is 0 Å². The number of H-pyrrole nitrogens is 1. The quantitative estimate of drug-likeness (QED) is 0.829. The number of benzene rings is 1. The van der Waals surface area contributed by atoms with Crippen molar-refractivity contribution in [2.24, 2.45) is 0 Å². The maximum absolute atomic E-state index is 6.15. The SMILES string of the molecule is CNCc1[nH]c2c(Cl)ccc(Cl)c2c1C. The summed E-state index contributed by atoms with van der Waals surface area (Å²) in [5.41, 5.74) is 3.21. The summed E-state index contributed by atoms with van der Waals surface area (Å²) in [6.07, 6.45) is 0. The van der Waals surface area contributed by atoms with Crippen LogP contribution in [0.2, 0.25) is 10.0 Å². The molecule has 0 fully saturated rings. The summed E-state index contributed by atoms with van der Waals surface area (Å²) >= 11 is 12.3. The molecule has 15 heavy (non-hydrogen) atoms. The summed E-state index contributed by atoms with van der Waals surface area (Å²) in [5, 5.41) is 5.58. The van der Waals surface area contributed by atoms with Gasteiger partial charge in [-0.05, 0) is 31.7 Å². The van der Waals surface area contributed by atoms with Crippen molar-refractivity contribution in [3.8, 4) is 0 Å². The second kappa shape index (κ2) is 4.05. The van der Waals surface area contributed by atoms with Crippen molar-refractivity contribution in [3.63, 3.8) is 0 Å². The molecule has 0 unspecified atom stereocenters. The van der Waals surface area contributed by atoms with Gasteiger partial charge in [0.1, 0.15) is 0 Å². The predicted molar refractivity (Wildman–Crippen MR) is 65.8 cm³/mol. The zero-order valence-corrected chi connectivity index (χ0v) is 10.1. The van der Waals surface area contributed by atoms with Crippen LogP contribution < -0.4 is 5.32 Å². The fraction of sp³-hybridized carbons (Fsp3) is 0.273. The highest BCUT2D eigenvalue weighted by atomic mass is 35.5. The Morgan fingerprint density at radius 1 is 1.27 bits per heavy atom. The maximum Gasteiger partial charge on any atom is 0.0663 e. The van der Waals surface area contributed by atoms with E-state index >= 15 is 0 Å². The van der Waals surface area contributed by atoms with E-state index in [-0.39, 0.29) is 0 Å². The number of halogens is 2. The van der Waals surface area contributed by atoms with Gasteiger partial charge in [0, 0.05) is 17.6 Å². The average Bonchev–Trinajstić information content (AvgIpc) is 2.53. The van der Waals surface area contributed by atoms with Gasteiger partial charge >= 0.3 is 0 Å². The topological polar surface area (TPSA) is 27.8 Å². The molecular formula is C11H12Cl2N2. The first-order valence-electron chi connectivity index (χ1n) is 4.75. The second-order valence-electron chi connectivity index (χ2n) is 3.54. The molecule has 0 aliphatic carbocycles. The fourth-order valence-electron chi connectivity index (χ4n) is 1.79. The molecule has 1 aromatic heterocycles. The van der Waals surface area contributed by atoms with Crippen molar-refractivity contribution in [1.29, 1.82) is 0 Å². The van der Waals surface area contributed by atoms with Crippen molar-refractivity contribution < 1.29 is 0 Å². The number of hydrogen-bond donors (Lipinski definition) is 2. The van der Waals surface area contributed by atoms with Gasteiger partial charge in [-0.15, -0.1) is 0 Å². The molecular weight excluding hydrogens is 231 g/mol. The van der Waals surface area contributed by atoms with Crippen molar-refractivity contribution in [2.45, 2.75) is 13.5 Å². The molecule has 0 bridgehead atoms. The van der Waals surface area contributed by atoms with Crippen LogP contribution in [0.3, 0.4) is 0 Å². The minimum absolute atomic E-state index is 0.708. The third-order valence-electron chi connectivity index (χ3n) is 2.56. The summed E-state index contributed by atoms with van der Waals surface area (Å²) in [5.74, 6) is 0. The average molecular weight is 243 g/mol. The lowest BCUT2D eigenvalue weighted by Crippen LogP contribution is -2.06. The van der Waals surface area contributed by atoms with Crippen molar-refractivity contribution in [3.05, 3.63) is 33.4 Å². The molecule has 2 aromatic rings. The summed E-state index contributed by atoms with van der Waals surface area (Å²) in [7, 11) is 1.91. The smallest absolute Gasteiger partial charge is 0.0663 e. The highest BCUT2D eigenvalue weighted by Gasteiger charge is 2.12. The van der Waals surface area contributed by atoms with E-state index in [1.54, 1.807) is 0 Å². The number of rotatable bonds is 2. The lowest BCUT2D eigenvalue weighted by Gasteiger charge is -1.98. The third kappa shape index (κ3) is 1.73. The zero-order chi connectivity index (χ0) is 11.0. The molecule has 0 saturated carbocycles. The number of nitrogens with one attached hydrogen (secondary N) is 2. The molecule has 0 aliphatic heterocycles. The monoisotopic (exact) mass is 242 g/mol. The Hall–Kier alpha value is -0.700. The molecule has 1 aromatic carbocycles. The molecule has 1 heterocycles. The minimum Gasteiger partial charge on any atom is -0.356 e. The summed E-state index contributed by atoms with van der Waals surface area (Å²) < 4.78 is 0. The molecule has 0 amide bonds. The molecule has 0 saturated heterocycles. The lowest BCUT2D eigenvalue weighted by molar-refractivity contribution is 0.794. The Morgan fingerprint density at radius 2 is 1.93 bits per heavy atom. The van der Waals surface area contributed by atoms with E-state index in [1.807, 2.05) is 26.1 Å². The van der Waals surface area contributed by atoms with Crippen LogP contribution in [0.4, 0.5) is 0 Å².